The van der Waals surface area contributed by atoms with E-state index in [1.807, 2.05) is 43.3 Å². The summed E-state index contributed by atoms with van der Waals surface area (Å²) in [6, 6.07) is 28.9. The summed E-state index contributed by atoms with van der Waals surface area (Å²) in [5.41, 5.74) is 2.42. The first-order valence-electron chi connectivity index (χ1n) is 22.9. The second-order valence-corrected chi connectivity index (χ2v) is 19.3. The van der Waals surface area contributed by atoms with Crippen LogP contribution in [-0.4, -0.2) is 70.3 Å². The summed E-state index contributed by atoms with van der Waals surface area (Å²) in [4.78, 5) is -0.0666. The van der Waals surface area contributed by atoms with Gasteiger partial charge in [0.25, 0.3) is 10.1 Å². The van der Waals surface area contributed by atoms with E-state index in [2.05, 4.69) is 79.4 Å². The van der Waals surface area contributed by atoms with Gasteiger partial charge in [-0.25, -0.2) is 0 Å². The van der Waals surface area contributed by atoms with E-state index in [0.29, 0.717) is 0 Å². The van der Waals surface area contributed by atoms with Crippen molar-refractivity contribution in [3.63, 3.8) is 0 Å². The molecule has 0 amide bonds. The third-order valence-corrected chi connectivity index (χ3v) is 11.1. The van der Waals surface area contributed by atoms with Gasteiger partial charge in [-0.1, -0.05) is 214 Å². The number of hydrogen-bond donors (Lipinski definition) is 1. The molecule has 0 aliphatic heterocycles. The maximum absolute atomic E-state index is 10.5. The molecule has 0 saturated heterocycles. The molecule has 0 spiro atoms. The van der Waals surface area contributed by atoms with Crippen molar-refractivity contribution in [1.29, 1.82) is 0 Å². The van der Waals surface area contributed by atoms with E-state index >= 15 is 0 Å². The van der Waals surface area contributed by atoms with Crippen molar-refractivity contribution in [3.8, 4) is 0 Å². The number of nitrogens with zero attached hydrogens (tertiary/aromatic N) is 2. The molecule has 0 aliphatic carbocycles. The van der Waals surface area contributed by atoms with Gasteiger partial charge in [0.2, 0.25) is 0 Å². The number of hydrogen-bond acceptors (Lipinski definition) is 2. The monoisotopic (exact) mass is 811 g/mol. The maximum Gasteiger partial charge on any atom is 0.294 e. The van der Waals surface area contributed by atoms with E-state index in [1.54, 1.807) is 12.1 Å². The van der Waals surface area contributed by atoms with Crippen LogP contribution in [0.2, 0.25) is 0 Å². The lowest BCUT2D eigenvalue weighted by molar-refractivity contribution is -0.903. The highest BCUT2D eigenvalue weighted by Crippen LogP contribution is 2.15. The lowest BCUT2D eigenvalue weighted by Gasteiger charge is -2.30. The summed E-state index contributed by atoms with van der Waals surface area (Å²) >= 11 is 0. The average Bonchev–Trinajstić information content (AvgIpc) is 3.17. The molecule has 3 aromatic rings. The standard InChI is InChI=1S/C23H42N.C15H34N.C7H8O3S.C6H6/c1-4-5-6-7-8-9-10-11-12-13-14-18-21-24(2,3)22-23-19-16-15-17-20-23;1-5-6-7-8-9-10-11-12-13-14-15-16(2,3)4;1-6-2-4-7(5-3-6)11(8,9)10;1-2-4-6-5-3-1/h15-17,19-20H,4-14,18,21-22H2,1-3H3;5-15H2,1-4H3;2-5H,1H3,(H,8,9,10);1-6H/q2*+1;;. The highest BCUT2D eigenvalue weighted by atomic mass is 32.2. The smallest absolute Gasteiger partial charge is 0.294 e. The van der Waals surface area contributed by atoms with Crippen molar-refractivity contribution in [2.45, 2.75) is 173 Å². The molecule has 0 aromatic heterocycles. The molecule has 1 N–H and O–H groups in total. The first kappa shape index (κ1) is 54.5. The predicted octanol–water partition coefficient (Wildman–Crippen LogP) is 14.5. The van der Waals surface area contributed by atoms with Crippen LogP contribution in [0.25, 0.3) is 0 Å². The second-order valence-electron chi connectivity index (χ2n) is 17.8. The van der Waals surface area contributed by atoms with Crippen LogP contribution < -0.4 is 0 Å². The Morgan fingerprint density at radius 3 is 1.09 bits per heavy atom. The zero-order valence-electron chi connectivity index (χ0n) is 38.4. The van der Waals surface area contributed by atoms with E-state index in [1.165, 1.54) is 172 Å². The zero-order valence-corrected chi connectivity index (χ0v) is 39.2. The Kier molecular flexibility index (Phi) is 33.9. The minimum Gasteiger partial charge on any atom is -0.331 e. The van der Waals surface area contributed by atoms with Gasteiger partial charge in [-0.3, -0.25) is 4.55 Å². The molecule has 0 bridgehead atoms. The van der Waals surface area contributed by atoms with Crippen LogP contribution in [0.3, 0.4) is 0 Å². The van der Waals surface area contributed by atoms with E-state index in [-0.39, 0.29) is 4.90 Å². The van der Waals surface area contributed by atoms with Crippen molar-refractivity contribution in [2.75, 3.05) is 48.3 Å². The minimum absolute atomic E-state index is 0.0666. The number of unbranched alkanes of at least 4 members (excludes halogenated alkanes) is 20. The molecule has 5 nitrogen and oxygen atoms in total. The molecule has 3 aromatic carbocycles. The Labute approximate surface area is 354 Å². The molecular weight excluding hydrogens is 721 g/mol. The molecular formula is C51H90N2O3S+2. The van der Waals surface area contributed by atoms with Gasteiger partial charge in [0, 0.05) is 5.56 Å². The van der Waals surface area contributed by atoms with Crippen molar-refractivity contribution in [2.24, 2.45) is 0 Å². The van der Waals surface area contributed by atoms with Crippen LogP contribution in [0, 0.1) is 6.92 Å². The van der Waals surface area contributed by atoms with E-state index in [9.17, 15) is 8.42 Å². The quantitative estimate of drug-likeness (QED) is 0.0474. The first-order chi connectivity index (χ1) is 27.2. The van der Waals surface area contributed by atoms with Crippen molar-refractivity contribution in [1.82, 2.24) is 0 Å². The Morgan fingerprint density at radius 2 is 0.754 bits per heavy atom. The number of aryl methyl sites for hydroxylation is 1. The largest absolute Gasteiger partial charge is 0.331 e. The molecule has 0 aliphatic rings. The summed E-state index contributed by atoms with van der Waals surface area (Å²) in [7, 11) is 7.57. The molecule has 0 saturated carbocycles. The Morgan fingerprint density at radius 1 is 0.439 bits per heavy atom. The van der Waals surface area contributed by atoms with Gasteiger partial charge in [0.05, 0.1) is 53.2 Å². The fraction of sp³-hybridized carbons (Fsp3) is 0.647. The van der Waals surface area contributed by atoms with E-state index in [4.69, 9.17) is 4.55 Å². The van der Waals surface area contributed by atoms with Gasteiger partial charge in [0.1, 0.15) is 6.54 Å². The third-order valence-electron chi connectivity index (χ3n) is 10.2. The van der Waals surface area contributed by atoms with Crippen molar-refractivity contribution >= 4 is 10.1 Å². The van der Waals surface area contributed by atoms with Gasteiger partial charge in [0.15, 0.2) is 0 Å². The average molecular weight is 811 g/mol. The molecule has 0 heterocycles. The second kappa shape index (κ2) is 35.4. The van der Waals surface area contributed by atoms with Gasteiger partial charge >= 0.3 is 0 Å². The Bertz CT molecular complexity index is 1340. The highest BCUT2D eigenvalue weighted by molar-refractivity contribution is 7.85. The van der Waals surface area contributed by atoms with Crippen LogP contribution in [0.15, 0.2) is 95.9 Å². The van der Waals surface area contributed by atoms with Gasteiger partial charge in [-0.15, -0.1) is 0 Å². The molecule has 0 unspecified atom stereocenters. The van der Waals surface area contributed by atoms with Crippen LogP contribution >= 0.6 is 0 Å². The maximum atomic E-state index is 10.5. The summed E-state index contributed by atoms with van der Waals surface area (Å²) in [6.07, 6.45) is 31.6. The van der Waals surface area contributed by atoms with Crippen LogP contribution in [0.4, 0.5) is 0 Å². The van der Waals surface area contributed by atoms with E-state index in [0.717, 1.165) is 21.1 Å². The molecule has 0 fully saturated rings. The third kappa shape index (κ3) is 38.8. The fourth-order valence-corrected chi connectivity index (χ4v) is 7.19. The normalized spacial score (nSPS) is 11.4. The van der Waals surface area contributed by atoms with Crippen LogP contribution in [0.1, 0.15) is 166 Å². The molecule has 57 heavy (non-hydrogen) atoms. The zero-order chi connectivity index (χ0) is 42.5. The molecule has 3 rings (SSSR count). The van der Waals surface area contributed by atoms with E-state index < -0.39 is 10.1 Å². The number of quaternary nitrogens is 2. The summed E-state index contributed by atoms with van der Waals surface area (Å²) in [6.45, 7) is 10.2. The highest BCUT2D eigenvalue weighted by Gasteiger charge is 2.15. The van der Waals surface area contributed by atoms with Crippen molar-refractivity contribution < 1.29 is 21.9 Å². The lowest BCUT2D eigenvalue weighted by Crippen LogP contribution is -2.39. The Hall–Kier alpha value is -2.51. The lowest BCUT2D eigenvalue weighted by atomic mass is 10.1. The predicted molar refractivity (Wildman–Crippen MR) is 250 cm³/mol. The SMILES string of the molecule is CCCCCCCCCCCCCC[N+](C)(C)Cc1ccccc1.CCCCCCCCCCCC[N+](C)(C)C.Cc1ccc(S(=O)(=O)O)cc1.c1ccccc1. The fourth-order valence-electron chi connectivity index (χ4n) is 6.71. The molecule has 326 valence electrons. The van der Waals surface area contributed by atoms with Gasteiger partial charge in [-0.05, 0) is 44.7 Å². The van der Waals surface area contributed by atoms with Crippen LogP contribution in [-0.2, 0) is 16.7 Å². The molecule has 0 radical (unpaired) electrons. The minimum atomic E-state index is -4.02. The first-order valence-corrected chi connectivity index (χ1v) is 24.3. The van der Waals surface area contributed by atoms with Crippen LogP contribution in [0.5, 0.6) is 0 Å². The number of benzene rings is 3. The topological polar surface area (TPSA) is 54.4 Å². The summed E-state index contributed by atoms with van der Waals surface area (Å²) < 4.78 is 31.8. The molecule has 0 atom stereocenters. The number of rotatable bonds is 27. The van der Waals surface area contributed by atoms with Crippen molar-refractivity contribution in [3.05, 3.63) is 102 Å². The summed E-state index contributed by atoms with van der Waals surface area (Å²) in [5, 5.41) is 0. The molecule has 6 heteroatoms. The Balaban J connectivity index is 0.000000812. The van der Waals surface area contributed by atoms with Gasteiger partial charge in [-0.2, -0.15) is 8.42 Å². The van der Waals surface area contributed by atoms with Gasteiger partial charge < -0.3 is 8.97 Å². The summed E-state index contributed by atoms with van der Waals surface area (Å²) in [5.74, 6) is 0.